The molecule has 0 heterocycles. The molecular formula is C11H15FN2O2. The molecule has 5 heteroatoms. The van der Waals surface area contributed by atoms with Crippen molar-refractivity contribution in [3.8, 4) is 0 Å². The van der Waals surface area contributed by atoms with Crippen molar-refractivity contribution in [2.45, 2.75) is 26.3 Å². The number of nitrogens with two attached hydrogens (primary N) is 1. The number of nitrogen functional groups attached to an aromatic ring is 1. The predicted octanol–water partition coefficient (Wildman–Crippen LogP) is 2.69. The zero-order valence-corrected chi connectivity index (χ0v) is 9.49. The number of rotatable bonds is 1. The SMILES string of the molecule is CC(C)(C)N(C(=O)O)c1cc(F)ccc1N. The van der Waals surface area contributed by atoms with E-state index in [1.54, 1.807) is 20.8 Å². The second-order valence-electron chi connectivity index (χ2n) is 4.49. The van der Waals surface area contributed by atoms with Crippen molar-refractivity contribution in [1.82, 2.24) is 0 Å². The van der Waals surface area contributed by atoms with Gasteiger partial charge in [0.25, 0.3) is 0 Å². The third kappa shape index (κ3) is 2.42. The van der Waals surface area contributed by atoms with Crippen LogP contribution in [-0.4, -0.2) is 16.7 Å². The van der Waals surface area contributed by atoms with Crippen molar-refractivity contribution in [2.24, 2.45) is 0 Å². The van der Waals surface area contributed by atoms with Crippen LogP contribution in [-0.2, 0) is 0 Å². The molecule has 0 saturated carbocycles. The molecule has 0 aromatic heterocycles. The Hall–Kier alpha value is -1.78. The van der Waals surface area contributed by atoms with Gasteiger partial charge in [-0.25, -0.2) is 9.18 Å². The highest BCUT2D eigenvalue weighted by atomic mass is 19.1. The maximum Gasteiger partial charge on any atom is 0.412 e. The molecule has 3 N–H and O–H groups in total. The minimum absolute atomic E-state index is 0.167. The summed E-state index contributed by atoms with van der Waals surface area (Å²) in [5.74, 6) is -0.514. The van der Waals surface area contributed by atoms with E-state index >= 15 is 0 Å². The largest absolute Gasteiger partial charge is 0.465 e. The van der Waals surface area contributed by atoms with Crippen LogP contribution in [0, 0.1) is 5.82 Å². The molecule has 1 rings (SSSR count). The zero-order chi connectivity index (χ0) is 12.5. The lowest BCUT2D eigenvalue weighted by Gasteiger charge is -2.33. The van der Waals surface area contributed by atoms with Crippen molar-refractivity contribution in [1.29, 1.82) is 0 Å². The second kappa shape index (κ2) is 4.00. The van der Waals surface area contributed by atoms with Gasteiger partial charge < -0.3 is 10.8 Å². The number of carbonyl (C=O) groups is 1. The fraction of sp³-hybridized carbons (Fsp3) is 0.364. The Morgan fingerprint density at radius 3 is 2.44 bits per heavy atom. The molecule has 0 fully saturated rings. The quantitative estimate of drug-likeness (QED) is 0.723. The lowest BCUT2D eigenvalue weighted by atomic mass is 10.0. The molecule has 0 aliphatic rings. The van der Waals surface area contributed by atoms with Crippen LogP contribution < -0.4 is 10.6 Å². The van der Waals surface area contributed by atoms with Crippen LogP contribution in [0.1, 0.15) is 20.8 Å². The van der Waals surface area contributed by atoms with Gasteiger partial charge in [0.15, 0.2) is 0 Å². The van der Waals surface area contributed by atoms with Gasteiger partial charge in [-0.3, -0.25) is 4.90 Å². The van der Waals surface area contributed by atoms with Gasteiger partial charge in [0, 0.05) is 5.54 Å². The van der Waals surface area contributed by atoms with E-state index in [1.165, 1.54) is 12.1 Å². The van der Waals surface area contributed by atoms with Crippen molar-refractivity contribution < 1.29 is 14.3 Å². The summed E-state index contributed by atoms with van der Waals surface area (Å²) < 4.78 is 13.1. The molecule has 1 aromatic carbocycles. The molecule has 88 valence electrons. The average molecular weight is 226 g/mol. The molecule has 0 atom stereocenters. The maximum absolute atomic E-state index is 13.1. The van der Waals surface area contributed by atoms with E-state index < -0.39 is 17.4 Å². The number of nitrogens with zero attached hydrogens (tertiary/aromatic N) is 1. The Balaban J connectivity index is 3.32. The molecule has 0 aliphatic carbocycles. The third-order valence-electron chi connectivity index (χ3n) is 2.10. The summed E-state index contributed by atoms with van der Waals surface area (Å²) in [6.07, 6.45) is -1.16. The van der Waals surface area contributed by atoms with E-state index in [9.17, 15) is 9.18 Å². The maximum atomic E-state index is 13.1. The molecule has 0 saturated heterocycles. The van der Waals surface area contributed by atoms with Gasteiger partial charge >= 0.3 is 6.09 Å². The Bertz CT molecular complexity index is 413. The average Bonchev–Trinajstić information content (AvgIpc) is 2.08. The summed E-state index contributed by atoms with van der Waals surface area (Å²) in [4.78, 5) is 12.2. The number of hydrogen-bond donors (Lipinski definition) is 2. The summed E-state index contributed by atoms with van der Waals surface area (Å²) in [7, 11) is 0. The molecule has 16 heavy (non-hydrogen) atoms. The molecule has 4 nitrogen and oxygen atoms in total. The fourth-order valence-corrected chi connectivity index (χ4v) is 1.46. The van der Waals surface area contributed by atoms with Crippen LogP contribution in [0.2, 0.25) is 0 Å². The summed E-state index contributed by atoms with van der Waals surface area (Å²) in [6.45, 7) is 5.14. The Morgan fingerprint density at radius 2 is 2.00 bits per heavy atom. The topological polar surface area (TPSA) is 66.6 Å². The zero-order valence-electron chi connectivity index (χ0n) is 9.49. The molecular weight excluding hydrogens is 211 g/mol. The summed E-state index contributed by atoms with van der Waals surface area (Å²) in [5, 5.41) is 9.13. The minimum atomic E-state index is -1.16. The number of amides is 1. The summed E-state index contributed by atoms with van der Waals surface area (Å²) in [5.41, 5.74) is 5.37. The van der Waals surface area contributed by atoms with Crippen molar-refractivity contribution >= 4 is 17.5 Å². The first-order valence-electron chi connectivity index (χ1n) is 4.81. The highest BCUT2D eigenvalue weighted by Crippen LogP contribution is 2.30. The Kier molecular flexibility index (Phi) is 3.07. The molecule has 0 unspecified atom stereocenters. The predicted molar refractivity (Wildman–Crippen MR) is 61.1 cm³/mol. The van der Waals surface area contributed by atoms with Crippen LogP contribution in [0.5, 0.6) is 0 Å². The van der Waals surface area contributed by atoms with Gasteiger partial charge in [-0.05, 0) is 39.0 Å². The minimum Gasteiger partial charge on any atom is -0.465 e. The number of anilines is 2. The van der Waals surface area contributed by atoms with E-state index in [1.807, 2.05) is 0 Å². The first kappa shape index (κ1) is 12.3. The molecule has 1 amide bonds. The Labute approximate surface area is 93.5 Å². The standard InChI is InChI=1S/C11H15FN2O2/c1-11(2,3)14(10(15)16)9-6-7(12)4-5-8(9)13/h4-6H,13H2,1-3H3,(H,15,16). The van der Waals surface area contributed by atoms with Gasteiger partial charge in [0.1, 0.15) is 5.82 Å². The van der Waals surface area contributed by atoms with Crippen LogP contribution in [0.3, 0.4) is 0 Å². The number of halogens is 1. The molecule has 0 radical (unpaired) electrons. The van der Waals surface area contributed by atoms with Crippen LogP contribution in [0.4, 0.5) is 20.6 Å². The van der Waals surface area contributed by atoms with Crippen LogP contribution >= 0.6 is 0 Å². The normalized spacial score (nSPS) is 11.2. The third-order valence-corrected chi connectivity index (χ3v) is 2.10. The van der Waals surface area contributed by atoms with Gasteiger partial charge in [-0.1, -0.05) is 0 Å². The lowest BCUT2D eigenvalue weighted by Crippen LogP contribution is -2.45. The van der Waals surface area contributed by atoms with E-state index in [2.05, 4.69) is 0 Å². The molecule has 0 aliphatic heterocycles. The lowest BCUT2D eigenvalue weighted by molar-refractivity contribution is 0.195. The molecule has 0 bridgehead atoms. The molecule has 1 aromatic rings. The monoisotopic (exact) mass is 226 g/mol. The van der Waals surface area contributed by atoms with E-state index in [0.717, 1.165) is 11.0 Å². The van der Waals surface area contributed by atoms with Crippen LogP contribution in [0.25, 0.3) is 0 Å². The highest BCUT2D eigenvalue weighted by molar-refractivity contribution is 5.91. The van der Waals surface area contributed by atoms with Crippen molar-refractivity contribution in [3.63, 3.8) is 0 Å². The van der Waals surface area contributed by atoms with Gasteiger partial charge in [-0.2, -0.15) is 0 Å². The van der Waals surface area contributed by atoms with Gasteiger partial charge in [-0.15, -0.1) is 0 Å². The molecule has 0 spiro atoms. The highest BCUT2D eigenvalue weighted by Gasteiger charge is 2.29. The number of benzene rings is 1. The number of carboxylic acid groups (broad SMARTS) is 1. The van der Waals surface area contributed by atoms with Crippen LogP contribution in [0.15, 0.2) is 18.2 Å². The van der Waals surface area contributed by atoms with E-state index in [0.29, 0.717) is 0 Å². The Morgan fingerprint density at radius 1 is 1.44 bits per heavy atom. The van der Waals surface area contributed by atoms with E-state index in [4.69, 9.17) is 10.8 Å². The van der Waals surface area contributed by atoms with Gasteiger partial charge in [0.05, 0.1) is 11.4 Å². The first-order valence-corrected chi connectivity index (χ1v) is 4.81. The van der Waals surface area contributed by atoms with Crippen molar-refractivity contribution in [2.75, 3.05) is 10.6 Å². The fourth-order valence-electron chi connectivity index (χ4n) is 1.46. The van der Waals surface area contributed by atoms with E-state index in [-0.39, 0.29) is 11.4 Å². The first-order chi connectivity index (χ1) is 7.23. The van der Waals surface area contributed by atoms with Crippen molar-refractivity contribution in [3.05, 3.63) is 24.0 Å². The smallest absolute Gasteiger partial charge is 0.412 e. The second-order valence-corrected chi connectivity index (χ2v) is 4.49. The van der Waals surface area contributed by atoms with Gasteiger partial charge in [0.2, 0.25) is 0 Å². The summed E-state index contributed by atoms with van der Waals surface area (Å²) >= 11 is 0. The summed E-state index contributed by atoms with van der Waals surface area (Å²) in [6, 6.07) is 3.67. The number of hydrogen-bond acceptors (Lipinski definition) is 2.